The van der Waals surface area contributed by atoms with E-state index < -0.39 is 12.0 Å². The van der Waals surface area contributed by atoms with Crippen molar-refractivity contribution in [1.82, 2.24) is 10.2 Å². The Labute approximate surface area is 160 Å². The largest absolute Gasteiger partial charge is 0.508 e. The molecule has 1 aliphatic rings. The Bertz CT molecular complexity index is 694. The Morgan fingerprint density at radius 3 is 2.15 bits per heavy atom. The van der Waals surface area contributed by atoms with E-state index in [1.165, 1.54) is 6.07 Å². The van der Waals surface area contributed by atoms with E-state index >= 15 is 0 Å². The molecule has 2 rings (SSSR count). The minimum absolute atomic E-state index is 0.0182. The molecule has 1 fully saturated rings. The van der Waals surface area contributed by atoms with Crippen LogP contribution in [0, 0.1) is 5.92 Å². The first-order chi connectivity index (χ1) is 12.6. The van der Waals surface area contributed by atoms with Crippen LogP contribution in [0.25, 0.3) is 0 Å². The molecular weight excluding hydrogens is 348 g/mol. The van der Waals surface area contributed by atoms with Gasteiger partial charge >= 0.3 is 5.97 Å². The standard InChI is InChI=1S/C20H30N2O5/c1-11(2)14-9-15(17(24)10-16(14)23)19(25)22-7-5-13(6-8-22)21-18(12(3)4)20(26)27/h9-13,18,21,23-24H,5-8H2,1-4H3,(H,26,27)/t18-/m0/s1. The molecule has 0 saturated carbocycles. The van der Waals surface area contributed by atoms with Gasteiger partial charge < -0.3 is 25.5 Å². The number of rotatable bonds is 6. The van der Waals surface area contributed by atoms with Crippen LogP contribution in [-0.2, 0) is 4.79 Å². The third kappa shape index (κ3) is 4.91. The number of amides is 1. The molecule has 1 aliphatic heterocycles. The van der Waals surface area contributed by atoms with Gasteiger partial charge in [-0.1, -0.05) is 27.7 Å². The van der Waals surface area contributed by atoms with Gasteiger partial charge in [0, 0.05) is 25.2 Å². The molecule has 1 amide bonds. The van der Waals surface area contributed by atoms with Crippen LogP contribution in [0.4, 0.5) is 0 Å². The average molecular weight is 378 g/mol. The van der Waals surface area contributed by atoms with Crippen LogP contribution < -0.4 is 5.32 Å². The molecule has 4 N–H and O–H groups in total. The summed E-state index contributed by atoms with van der Waals surface area (Å²) < 4.78 is 0. The lowest BCUT2D eigenvalue weighted by molar-refractivity contribution is -0.141. The summed E-state index contributed by atoms with van der Waals surface area (Å²) in [5.74, 6) is -1.38. The lowest BCUT2D eigenvalue weighted by Crippen LogP contribution is -2.51. The number of benzene rings is 1. The number of carboxylic acid groups (broad SMARTS) is 1. The summed E-state index contributed by atoms with van der Waals surface area (Å²) in [6.07, 6.45) is 1.30. The fourth-order valence-corrected chi connectivity index (χ4v) is 3.45. The normalized spacial score (nSPS) is 16.7. The molecule has 0 unspecified atom stereocenters. The van der Waals surface area contributed by atoms with Crippen LogP contribution in [0.2, 0.25) is 0 Å². The number of nitrogens with one attached hydrogen (secondary N) is 1. The Hall–Kier alpha value is -2.28. The third-order valence-electron chi connectivity index (χ3n) is 5.13. The molecule has 7 nitrogen and oxygen atoms in total. The molecule has 1 heterocycles. The number of nitrogens with zero attached hydrogens (tertiary/aromatic N) is 1. The van der Waals surface area contributed by atoms with Crippen molar-refractivity contribution in [1.29, 1.82) is 0 Å². The highest BCUT2D eigenvalue weighted by Crippen LogP contribution is 2.33. The lowest BCUT2D eigenvalue weighted by atomic mass is 9.96. The second-order valence-corrected chi connectivity index (χ2v) is 7.88. The van der Waals surface area contributed by atoms with Gasteiger partial charge in [-0.15, -0.1) is 0 Å². The molecule has 0 aliphatic carbocycles. The number of likely N-dealkylation sites (tertiary alicyclic amines) is 1. The number of hydrogen-bond acceptors (Lipinski definition) is 5. The van der Waals surface area contributed by atoms with Crippen molar-refractivity contribution in [3.63, 3.8) is 0 Å². The zero-order chi connectivity index (χ0) is 20.3. The Morgan fingerprint density at radius 1 is 1.07 bits per heavy atom. The van der Waals surface area contributed by atoms with E-state index in [9.17, 15) is 24.9 Å². The van der Waals surface area contributed by atoms with Crippen LogP contribution in [0.15, 0.2) is 12.1 Å². The maximum absolute atomic E-state index is 12.8. The highest BCUT2D eigenvalue weighted by Gasteiger charge is 2.30. The van der Waals surface area contributed by atoms with Crippen molar-refractivity contribution >= 4 is 11.9 Å². The van der Waals surface area contributed by atoms with Crippen molar-refractivity contribution < 1.29 is 24.9 Å². The third-order valence-corrected chi connectivity index (χ3v) is 5.13. The van der Waals surface area contributed by atoms with Crippen molar-refractivity contribution in [2.24, 2.45) is 5.92 Å². The van der Waals surface area contributed by atoms with E-state index in [0.29, 0.717) is 31.5 Å². The molecule has 0 radical (unpaired) electrons. The predicted molar refractivity (Wildman–Crippen MR) is 102 cm³/mol. The first-order valence-corrected chi connectivity index (χ1v) is 9.45. The van der Waals surface area contributed by atoms with Gasteiger partial charge in [-0.25, -0.2) is 0 Å². The van der Waals surface area contributed by atoms with Crippen molar-refractivity contribution in [2.45, 2.75) is 58.5 Å². The van der Waals surface area contributed by atoms with E-state index in [1.54, 1.807) is 11.0 Å². The van der Waals surface area contributed by atoms with Gasteiger partial charge in [-0.2, -0.15) is 0 Å². The molecule has 27 heavy (non-hydrogen) atoms. The minimum atomic E-state index is -0.862. The molecule has 0 bridgehead atoms. The molecule has 0 aromatic heterocycles. The summed E-state index contributed by atoms with van der Waals surface area (Å²) in [4.78, 5) is 25.8. The fraction of sp³-hybridized carbons (Fsp3) is 0.600. The molecule has 1 atom stereocenters. The van der Waals surface area contributed by atoms with Crippen molar-refractivity contribution in [2.75, 3.05) is 13.1 Å². The summed E-state index contributed by atoms with van der Waals surface area (Å²) in [7, 11) is 0. The summed E-state index contributed by atoms with van der Waals surface area (Å²) in [6.45, 7) is 8.52. The van der Waals surface area contributed by atoms with E-state index in [2.05, 4.69) is 5.32 Å². The SMILES string of the molecule is CC(C)c1cc(C(=O)N2CCC(N[C@H](C(=O)O)C(C)C)CC2)c(O)cc1O. The average Bonchev–Trinajstić information content (AvgIpc) is 2.58. The van der Waals surface area contributed by atoms with Gasteiger partial charge in [0.2, 0.25) is 0 Å². The monoisotopic (exact) mass is 378 g/mol. The van der Waals surface area contributed by atoms with Gasteiger partial charge in [0.05, 0.1) is 5.56 Å². The second-order valence-electron chi connectivity index (χ2n) is 7.88. The summed E-state index contributed by atoms with van der Waals surface area (Å²) in [5, 5.41) is 32.5. The zero-order valence-corrected chi connectivity index (χ0v) is 16.4. The van der Waals surface area contributed by atoms with Gasteiger partial charge in [0.25, 0.3) is 5.91 Å². The van der Waals surface area contributed by atoms with E-state index in [-0.39, 0.29) is 40.8 Å². The molecule has 1 saturated heterocycles. The fourth-order valence-electron chi connectivity index (χ4n) is 3.45. The van der Waals surface area contributed by atoms with Crippen LogP contribution in [-0.4, -0.2) is 57.3 Å². The Balaban J connectivity index is 2.05. The first kappa shape index (κ1) is 21.0. The van der Waals surface area contributed by atoms with Crippen LogP contribution >= 0.6 is 0 Å². The highest BCUT2D eigenvalue weighted by atomic mass is 16.4. The number of hydrogen-bond donors (Lipinski definition) is 4. The molecule has 1 aromatic rings. The van der Waals surface area contributed by atoms with E-state index in [1.807, 2.05) is 27.7 Å². The number of piperidine rings is 1. The summed E-state index contributed by atoms with van der Waals surface area (Å²) in [5.41, 5.74) is 0.808. The van der Waals surface area contributed by atoms with Gasteiger partial charge in [0.1, 0.15) is 17.5 Å². The van der Waals surface area contributed by atoms with Crippen LogP contribution in [0.3, 0.4) is 0 Å². The van der Waals surface area contributed by atoms with Crippen molar-refractivity contribution in [3.8, 4) is 11.5 Å². The van der Waals surface area contributed by atoms with Gasteiger partial charge in [0.15, 0.2) is 0 Å². The van der Waals surface area contributed by atoms with E-state index in [4.69, 9.17) is 0 Å². The zero-order valence-electron chi connectivity index (χ0n) is 16.4. The quantitative estimate of drug-likeness (QED) is 0.605. The number of carbonyl (C=O) groups excluding carboxylic acids is 1. The minimum Gasteiger partial charge on any atom is -0.508 e. The Morgan fingerprint density at radius 2 is 1.67 bits per heavy atom. The number of phenolic OH excluding ortho intramolecular Hbond substituents is 2. The number of carboxylic acids is 1. The van der Waals surface area contributed by atoms with Crippen molar-refractivity contribution in [3.05, 3.63) is 23.3 Å². The molecule has 7 heteroatoms. The summed E-state index contributed by atoms with van der Waals surface area (Å²) in [6, 6.07) is 2.21. The maximum atomic E-state index is 12.8. The number of aromatic hydroxyl groups is 2. The Kier molecular flexibility index (Phi) is 6.70. The van der Waals surface area contributed by atoms with Crippen LogP contribution in [0.5, 0.6) is 11.5 Å². The first-order valence-electron chi connectivity index (χ1n) is 9.45. The number of phenols is 2. The molecule has 1 aromatic carbocycles. The smallest absolute Gasteiger partial charge is 0.320 e. The topological polar surface area (TPSA) is 110 Å². The summed E-state index contributed by atoms with van der Waals surface area (Å²) >= 11 is 0. The van der Waals surface area contributed by atoms with Gasteiger partial charge in [-0.3, -0.25) is 9.59 Å². The number of carbonyl (C=O) groups is 2. The lowest BCUT2D eigenvalue weighted by Gasteiger charge is -2.34. The highest BCUT2D eigenvalue weighted by molar-refractivity contribution is 5.97. The van der Waals surface area contributed by atoms with E-state index in [0.717, 1.165) is 0 Å². The molecule has 0 spiro atoms. The predicted octanol–water partition coefficient (Wildman–Crippen LogP) is 2.52. The number of aliphatic carboxylic acids is 1. The molecular formula is C20H30N2O5. The molecule has 150 valence electrons. The van der Waals surface area contributed by atoms with Gasteiger partial charge in [-0.05, 0) is 36.3 Å². The van der Waals surface area contributed by atoms with Crippen LogP contribution in [0.1, 0.15) is 62.4 Å². The second kappa shape index (κ2) is 8.61. The maximum Gasteiger partial charge on any atom is 0.320 e.